The van der Waals surface area contributed by atoms with Crippen molar-refractivity contribution >= 4 is 5.78 Å². The highest BCUT2D eigenvalue weighted by molar-refractivity contribution is 5.85. The Kier molecular flexibility index (Phi) is 4.78. The number of hydrogen-bond donors (Lipinski definition) is 1. The van der Waals surface area contributed by atoms with Gasteiger partial charge in [-0.3, -0.25) is 4.79 Å². The number of carbonyl (C=O) groups is 1. The summed E-state index contributed by atoms with van der Waals surface area (Å²) in [5, 5.41) is 3.34. The highest BCUT2D eigenvalue weighted by Gasteiger charge is 2.37. The topological polar surface area (TPSA) is 29.1 Å². The van der Waals surface area contributed by atoms with Gasteiger partial charge in [0.05, 0.1) is 0 Å². The second-order valence-electron chi connectivity index (χ2n) is 5.02. The predicted octanol–water partition coefficient (Wildman–Crippen LogP) is 2.77. The summed E-state index contributed by atoms with van der Waals surface area (Å²) < 4.78 is 0. The quantitative estimate of drug-likeness (QED) is 0.757. The van der Waals surface area contributed by atoms with E-state index < -0.39 is 0 Å². The standard InChI is InChI=1S/C13H25NO/c1-4-11(3)10-12(15)13(5-2)6-8-14-9-7-13/h11,14H,4-10H2,1-3H3. The molecule has 88 valence electrons. The number of Topliss-reactive ketones (excluding diaryl/α,β-unsaturated/α-hetero) is 1. The van der Waals surface area contributed by atoms with E-state index in [0.29, 0.717) is 11.7 Å². The van der Waals surface area contributed by atoms with E-state index in [0.717, 1.165) is 45.2 Å². The van der Waals surface area contributed by atoms with E-state index >= 15 is 0 Å². The molecule has 1 unspecified atom stereocenters. The largest absolute Gasteiger partial charge is 0.317 e. The van der Waals surface area contributed by atoms with Crippen LogP contribution in [0.1, 0.15) is 52.9 Å². The highest BCUT2D eigenvalue weighted by Crippen LogP contribution is 2.35. The van der Waals surface area contributed by atoms with Crippen LogP contribution in [-0.4, -0.2) is 18.9 Å². The Hall–Kier alpha value is -0.370. The zero-order chi connectivity index (χ0) is 11.3. The lowest BCUT2D eigenvalue weighted by Crippen LogP contribution is -2.42. The summed E-state index contributed by atoms with van der Waals surface area (Å²) in [6.07, 6.45) is 5.00. The first-order chi connectivity index (χ1) is 7.14. The van der Waals surface area contributed by atoms with Crippen molar-refractivity contribution in [3.05, 3.63) is 0 Å². The second-order valence-corrected chi connectivity index (χ2v) is 5.02. The Morgan fingerprint density at radius 3 is 2.40 bits per heavy atom. The molecule has 1 aliphatic heterocycles. The van der Waals surface area contributed by atoms with Crippen molar-refractivity contribution in [3.63, 3.8) is 0 Å². The van der Waals surface area contributed by atoms with Crippen LogP contribution < -0.4 is 5.32 Å². The van der Waals surface area contributed by atoms with Gasteiger partial charge in [-0.25, -0.2) is 0 Å². The number of piperidine rings is 1. The van der Waals surface area contributed by atoms with Gasteiger partial charge < -0.3 is 5.32 Å². The van der Waals surface area contributed by atoms with E-state index in [4.69, 9.17) is 0 Å². The molecule has 2 nitrogen and oxygen atoms in total. The van der Waals surface area contributed by atoms with Gasteiger partial charge >= 0.3 is 0 Å². The average molecular weight is 211 g/mol. The van der Waals surface area contributed by atoms with Crippen molar-refractivity contribution < 1.29 is 4.79 Å². The average Bonchev–Trinajstić information content (AvgIpc) is 2.29. The minimum atomic E-state index is 0.00861. The zero-order valence-electron chi connectivity index (χ0n) is 10.4. The van der Waals surface area contributed by atoms with Crippen LogP contribution in [0.15, 0.2) is 0 Å². The fraction of sp³-hybridized carbons (Fsp3) is 0.923. The molecule has 0 aromatic carbocycles. The number of nitrogens with one attached hydrogen (secondary N) is 1. The minimum Gasteiger partial charge on any atom is -0.317 e. The van der Waals surface area contributed by atoms with Crippen molar-refractivity contribution in [1.29, 1.82) is 0 Å². The lowest BCUT2D eigenvalue weighted by molar-refractivity contribution is -0.131. The molecule has 1 saturated heterocycles. The predicted molar refractivity (Wildman–Crippen MR) is 63.9 cm³/mol. The number of ketones is 1. The lowest BCUT2D eigenvalue weighted by Gasteiger charge is -2.36. The first-order valence-corrected chi connectivity index (χ1v) is 6.38. The normalized spacial score (nSPS) is 22.3. The molecule has 0 aromatic heterocycles. The Labute approximate surface area is 93.8 Å². The van der Waals surface area contributed by atoms with Crippen molar-refractivity contribution in [2.45, 2.75) is 52.9 Å². The maximum absolute atomic E-state index is 12.3. The van der Waals surface area contributed by atoms with E-state index in [9.17, 15) is 4.79 Å². The van der Waals surface area contributed by atoms with Gasteiger partial charge in [0.15, 0.2) is 0 Å². The van der Waals surface area contributed by atoms with E-state index in [-0.39, 0.29) is 5.41 Å². The molecule has 0 aliphatic carbocycles. The molecular formula is C13H25NO. The van der Waals surface area contributed by atoms with E-state index in [2.05, 4.69) is 26.1 Å². The van der Waals surface area contributed by atoms with Crippen LogP contribution in [0.2, 0.25) is 0 Å². The molecule has 0 radical (unpaired) electrons. The minimum absolute atomic E-state index is 0.00861. The maximum Gasteiger partial charge on any atom is 0.139 e. The molecule has 1 heterocycles. The number of carbonyl (C=O) groups excluding carboxylic acids is 1. The number of rotatable bonds is 5. The van der Waals surface area contributed by atoms with Gasteiger partial charge in [-0.15, -0.1) is 0 Å². The molecule has 1 rings (SSSR count). The molecule has 0 amide bonds. The van der Waals surface area contributed by atoms with Gasteiger partial charge in [-0.2, -0.15) is 0 Å². The molecule has 1 N–H and O–H groups in total. The fourth-order valence-electron chi connectivity index (χ4n) is 2.41. The maximum atomic E-state index is 12.3. The Morgan fingerprint density at radius 2 is 1.93 bits per heavy atom. The van der Waals surface area contributed by atoms with E-state index in [1.54, 1.807) is 0 Å². The summed E-state index contributed by atoms with van der Waals surface area (Å²) in [5.41, 5.74) is 0.00861. The van der Waals surface area contributed by atoms with Crippen molar-refractivity contribution in [1.82, 2.24) is 5.32 Å². The SMILES string of the molecule is CCC(C)CC(=O)C1(CC)CCNCC1. The van der Waals surface area contributed by atoms with Crippen LogP contribution in [-0.2, 0) is 4.79 Å². The Morgan fingerprint density at radius 1 is 1.33 bits per heavy atom. The molecule has 2 heteroatoms. The zero-order valence-corrected chi connectivity index (χ0v) is 10.4. The summed E-state index contributed by atoms with van der Waals surface area (Å²) in [6.45, 7) is 8.54. The Bertz CT molecular complexity index is 207. The van der Waals surface area contributed by atoms with Gasteiger partial charge in [0.1, 0.15) is 5.78 Å². The van der Waals surface area contributed by atoms with Crippen molar-refractivity contribution in [2.24, 2.45) is 11.3 Å². The van der Waals surface area contributed by atoms with Gasteiger partial charge in [0, 0.05) is 11.8 Å². The van der Waals surface area contributed by atoms with Crippen LogP contribution >= 0.6 is 0 Å². The van der Waals surface area contributed by atoms with Crippen molar-refractivity contribution in [2.75, 3.05) is 13.1 Å². The first-order valence-electron chi connectivity index (χ1n) is 6.38. The van der Waals surface area contributed by atoms with Crippen LogP contribution in [0, 0.1) is 11.3 Å². The molecule has 0 aromatic rings. The van der Waals surface area contributed by atoms with Gasteiger partial charge in [0.2, 0.25) is 0 Å². The summed E-state index contributed by atoms with van der Waals surface area (Å²) in [4.78, 5) is 12.3. The highest BCUT2D eigenvalue weighted by atomic mass is 16.1. The number of hydrogen-bond acceptors (Lipinski definition) is 2. The third-order valence-corrected chi connectivity index (χ3v) is 4.06. The summed E-state index contributed by atoms with van der Waals surface area (Å²) in [7, 11) is 0. The van der Waals surface area contributed by atoms with Gasteiger partial charge in [-0.1, -0.05) is 27.2 Å². The van der Waals surface area contributed by atoms with Gasteiger partial charge in [-0.05, 0) is 38.3 Å². The smallest absolute Gasteiger partial charge is 0.139 e. The Balaban J connectivity index is 2.59. The van der Waals surface area contributed by atoms with E-state index in [1.165, 1.54) is 0 Å². The van der Waals surface area contributed by atoms with Crippen molar-refractivity contribution in [3.8, 4) is 0 Å². The molecule has 1 fully saturated rings. The summed E-state index contributed by atoms with van der Waals surface area (Å²) in [5.74, 6) is 1.07. The first kappa shape index (κ1) is 12.7. The van der Waals surface area contributed by atoms with Crippen LogP contribution in [0.3, 0.4) is 0 Å². The third kappa shape index (κ3) is 3.04. The van der Waals surface area contributed by atoms with Crippen LogP contribution in [0.4, 0.5) is 0 Å². The molecule has 0 spiro atoms. The summed E-state index contributed by atoms with van der Waals surface area (Å²) in [6, 6.07) is 0. The van der Waals surface area contributed by atoms with E-state index in [1.807, 2.05) is 0 Å². The van der Waals surface area contributed by atoms with Crippen LogP contribution in [0.25, 0.3) is 0 Å². The molecule has 0 saturated carbocycles. The van der Waals surface area contributed by atoms with Crippen LogP contribution in [0.5, 0.6) is 0 Å². The molecular weight excluding hydrogens is 186 g/mol. The van der Waals surface area contributed by atoms with Gasteiger partial charge in [0.25, 0.3) is 0 Å². The summed E-state index contributed by atoms with van der Waals surface area (Å²) >= 11 is 0. The third-order valence-electron chi connectivity index (χ3n) is 4.06. The monoisotopic (exact) mass is 211 g/mol. The fourth-order valence-corrected chi connectivity index (χ4v) is 2.41. The molecule has 1 aliphatic rings. The molecule has 1 atom stereocenters. The molecule has 15 heavy (non-hydrogen) atoms. The lowest BCUT2D eigenvalue weighted by atomic mass is 9.71. The molecule has 0 bridgehead atoms. The second kappa shape index (κ2) is 5.64.